The highest BCUT2D eigenvalue weighted by Gasteiger charge is 2.76. The molecule has 40 heavy (non-hydrogen) atoms. The van der Waals surface area contributed by atoms with Crippen LogP contribution in [0.3, 0.4) is 0 Å². The lowest BCUT2D eigenvalue weighted by Gasteiger charge is -2.41. The van der Waals surface area contributed by atoms with Gasteiger partial charge in [-0.25, -0.2) is 0 Å². The highest BCUT2D eigenvalue weighted by Crippen LogP contribution is 2.69. The van der Waals surface area contributed by atoms with Crippen LogP contribution in [0, 0.1) is 5.92 Å². The Balaban J connectivity index is 1.58. The van der Waals surface area contributed by atoms with E-state index in [1.54, 1.807) is 0 Å². The zero-order valence-electron chi connectivity index (χ0n) is 22.3. The minimum Gasteiger partial charge on any atom is -0.495 e. The first-order valence-electron chi connectivity index (χ1n) is 13.4. The monoisotopic (exact) mass is 555 g/mol. The van der Waals surface area contributed by atoms with E-state index in [1.165, 1.54) is 31.6 Å². The van der Waals surface area contributed by atoms with Crippen LogP contribution in [0.1, 0.15) is 28.2 Å². The van der Waals surface area contributed by atoms with Crippen molar-refractivity contribution in [2.24, 2.45) is 5.92 Å². The average molecular weight is 556 g/mol. The van der Waals surface area contributed by atoms with Crippen molar-refractivity contribution >= 4 is 0 Å². The Labute approximate surface area is 230 Å². The second-order valence-corrected chi connectivity index (χ2v) is 11.0. The van der Waals surface area contributed by atoms with Gasteiger partial charge in [-0.15, -0.1) is 0 Å². The maximum atomic E-state index is 13.6. The lowest BCUT2D eigenvalue weighted by Crippen LogP contribution is -2.52. The Kier molecular flexibility index (Phi) is 6.57. The summed E-state index contributed by atoms with van der Waals surface area (Å²) < 4.78 is 52.9. The van der Waals surface area contributed by atoms with Crippen molar-refractivity contribution in [1.29, 1.82) is 0 Å². The Morgan fingerprint density at radius 3 is 2.33 bits per heavy atom. The second-order valence-electron chi connectivity index (χ2n) is 11.0. The van der Waals surface area contributed by atoms with Crippen LogP contribution >= 0.6 is 0 Å². The van der Waals surface area contributed by atoms with Crippen LogP contribution in [0.5, 0.6) is 11.5 Å². The highest BCUT2D eigenvalue weighted by molar-refractivity contribution is 5.59. The van der Waals surface area contributed by atoms with Gasteiger partial charge in [0.25, 0.3) is 0 Å². The molecule has 0 amide bonds. The number of benzene rings is 2. The fraction of sp³-hybridized carbons (Fsp3) is 0.433. The van der Waals surface area contributed by atoms with Crippen molar-refractivity contribution in [3.8, 4) is 11.5 Å². The minimum atomic E-state index is -4.53. The number of methoxy groups -OCH3 is 1. The average Bonchev–Trinajstić information content (AvgIpc) is 3.33. The maximum absolute atomic E-state index is 13.6. The minimum absolute atomic E-state index is 0.222. The summed E-state index contributed by atoms with van der Waals surface area (Å²) in [5.41, 5.74) is -3.14. The third-order valence-corrected chi connectivity index (χ3v) is 8.88. The van der Waals surface area contributed by atoms with E-state index in [2.05, 4.69) is 21.8 Å². The Morgan fingerprint density at radius 2 is 1.70 bits per heavy atom. The maximum Gasteiger partial charge on any atom is 0.416 e. The summed E-state index contributed by atoms with van der Waals surface area (Å²) in [4.78, 5) is 8.69. The van der Waals surface area contributed by atoms with Crippen molar-refractivity contribution in [3.05, 3.63) is 89.2 Å². The first-order valence-corrected chi connectivity index (χ1v) is 13.4. The molecule has 2 fully saturated rings. The summed E-state index contributed by atoms with van der Waals surface area (Å²) >= 11 is 0. The van der Waals surface area contributed by atoms with Gasteiger partial charge in [0.1, 0.15) is 11.5 Å². The first-order chi connectivity index (χ1) is 19.1. The molecule has 0 bridgehead atoms. The van der Waals surface area contributed by atoms with Gasteiger partial charge >= 0.3 is 6.18 Å². The smallest absolute Gasteiger partial charge is 0.416 e. The van der Waals surface area contributed by atoms with Gasteiger partial charge < -0.3 is 29.5 Å². The third kappa shape index (κ3) is 3.92. The van der Waals surface area contributed by atoms with Crippen LogP contribution in [0.4, 0.5) is 13.2 Å². The van der Waals surface area contributed by atoms with Crippen LogP contribution in [-0.2, 0) is 17.4 Å². The largest absolute Gasteiger partial charge is 0.495 e. The number of piperazine rings is 1. The number of aromatic nitrogens is 1. The summed E-state index contributed by atoms with van der Waals surface area (Å²) in [7, 11) is 3.50. The molecule has 7 nitrogen and oxygen atoms in total. The number of fused-ring (bicyclic) bond motifs is 3. The van der Waals surface area contributed by atoms with E-state index in [0.29, 0.717) is 12.1 Å². The molecule has 3 heterocycles. The van der Waals surface area contributed by atoms with E-state index in [-0.39, 0.29) is 17.1 Å². The molecule has 1 unspecified atom stereocenters. The number of alkyl halides is 3. The predicted octanol–water partition coefficient (Wildman–Crippen LogP) is 3.61. The summed E-state index contributed by atoms with van der Waals surface area (Å²) in [6, 6.07) is 14.1. The highest BCUT2D eigenvalue weighted by atomic mass is 19.4. The van der Waals surface area contributed by atoms with Gasteiger partial charge in [-0.1, -0.05) is 42.5 Å². The quantitative estimate of drug-likeness (QED) is 0.498. The molecule has 3 aliphatic rings. The van der Waals surface area contributed by atoms with Gasteiger partial charge in [-0.2, -0.15) is 13.2 Å². The van der Waals surface area contributed by atoms with E-state index in [0.717, 1.165) is 43.9 Å². The van der Waals surface area contributed by atoms with Gasteiger partial charge in [0, 0.05) is 44.6 Å². The third-order valence-electron chi connectivity index (χ3n) is 8.88. The standard InChI is InChI=1S/C30H32F3N3O4/c1-35-12-14-36(15-13-35)18-22-25(19-6-4-3-5-7-19)29(20-8-10-21(11-9-20)30(31,32)33)28(38,27(22)37)26-23(39-2)16-34-17-24(26)40-29/h3-11,16-17,22,25,27,37-38H,12-15,18H2,1-2H3/t22?,25-,27-,28+,29+/m1/s1. The fourth-order valence-corrected chi connectivity index (χ4v) is 6.97. The molecule has 2 aliphatic heterocycles. The molecule has 3 aromatic rings. The molecule has 1 aliphatic carbocycles. The summed E-state index contributed by atoms with van der Waals surface area (Å²) in [6.07, 6.45) is -2.97. The number of ether oxygens (including phenoxy) is 2. The number of likely N-dealkylation sites (N-methyl/N-ethyl adjacent to an activating group) is 1. The number of hydrogen-bond donors (Lipinski definition) is 2. The van der Waals surface area contributed by atoms with Gasteiger partial charge in [-0.05, 0) is 30.3 Å². The number of hydrogen-bond acceptors (Lipinski definition) is 7. The molecule has 5 atom stereocenters. The number of nitrogens with zero attached hydrogens (tertiary/aromatic N) is 3. The van der Waals surface area contributed by atoms with E-state index < -0.39 is 40.9 Å². The molecule has 6 rings (SSSR count). The zero-order valence-corrected chi connectivity index (χ0v) is 22.3. The first kappa shape index (κ1) is 27.0. The van der Waals surface area contributed by atoms with E-state index in [1.807, 2.05) is 30.3 Å². The van der Waals surface area contributed by atoms with Gasteiger partial charge in [0.05, 0.1) is 36.7 Å². The van der Waals surface area contributed by atoms with Crippen molar-refractivity contribution < 1.29 is 32.9 Å². The van der Waals surface area contributed by atoms with Gasteiger partial charge in [0.2, 0.25) is 0 Å². The topological polar surface area (TPSA) is 78.3 Å². The van der Waals surface area contributed by atoms with Crippen molar-refractivity contribution in [3.63, 3.8) is 0 Å². The molecule has 1 saturated carbocycles. The summed E-state index contributed by atoms with van der Waals surface area (Å²) in [5, 5.41) is 25.0. The van der Waals surface area contributed by atoms with Gasteiger partial charge in [0.15, 0.2) is 11.2 Å². The molecule has 0 spiro atoms. The van der Waals surface area contributed by atoms with E-state index in [4.69, 9.17) is 9.47 Å². The lowest BCUT2D eigenvalue weighted by atomic mass is 9.70. The summed E-state index contributed by atoms with van der Waals surface area (Å²) in [5.74, 6) is -0.689. The van der Waals surface area contributed by atoms with E-state index in [9.17, 15) is 23.4 Å². The fourth-order valence-electron chi connectivity index (χ4n) is 6.97. The predicted molar refractivity (Wildman–Crippen MR) is 141 cm³/mol. The molecule has 2 N–H and O–H groups in total. The molecule has 2 aromatic carbocycles. The Hall–Kier alpha value is -3.18. The van der Waals surface area contributed by atoms with Crippen LogP contribution < -0.4 is 9.47 Å². The number of aliphatic hydroxyl groups excluding tert-OH is 1. The van der Waals surface area contributed by atoms with Crippen LogP contribution in [0.15, 0.2) is 67.0 Å². The zero-order chi connectivity index (χ0) is 28.3. The van der Waals surface area contributed by atoms with Crippen molar-refractivity contribution in [1.82, 2.24) is 14.8 Å². The number of halogens is 3. The number of aliphatic hydroxyl groups is 2. The second kappa shape index (κ2) is 9.73. The number of rotatable bonds is 5. The molecule has 1 aromatic heterocycles. The van der Waals surface area contributed by atoms with Crippen LogP contribution in [0.2, 0.25) is 0 Å². The number of pyridine rings is 1. The van der Waals surface area contributed by atoms with Crippen LogP contribution in [0.25, 0.3) is 0 Å². The lowest BCUT2D eigenvalue weighted by molar-refractivity contribution is -0.152. The SMILES string of the molecule is COc1cncc2c1[C@]1(O)[C@H](O)C(CN3CCN(C)CC3)[C@@H](c3ccccc3)[C@]1(c1ccc(C(F)(F)F)cc1)O2. The normalized spacial score (nSPS) is 30.5. The molecule has 212 valence electrons. The summed E-state index contributed by atoms with van der Waals surface area (Å²) in [6.45, 7) is 3.78. The Bertz CT molecular complexity index is 1360. The van der Waals surface area contributed by atoms with Crippen LogP contribution in [-0.4, -0.2) is 78.0 Å². The van der Waals surface area contributed by atoms with E-state index >= 15 is 0 Å². The molecular formula is C30H32F3N3O4. The van der Waals surface area contributed by atoms with Crippen molar-refractivity contribution in [2.45, 2.75) is 29.4 Å². The molecular weight excluding hydrogens is 523 g/mol. The van der Waals surface area contributed by atoms with Gasteiger partial charge in [-0.3, -0.25) is 4.98 Å². The Morgan fingerprint density at radius 1 is 1.02 bits per heavy atom. The molecule has 0 radical (unpaired) electrons. The molecule has 10 heteroatoms. The van der Waals surface area contributed by atoms with Crippen molar-refractivity contribution in [2.75, 3.05) is 46.9 Å². The molecule has 1 saturated heterocycles.